The number of hydrogen-bond acceptors (Lipinski definition) is 4. The number of rotatable bonds is 7. The Balaban J connectivity index is 2.14. The summed E-state index contributed by atoms with van der Waals surface area (Å²) in [5, 5.41) is 0. The molecule has 0 spiro atoms. The summed E-state index contributed by atoms with van der Waals surface area (Å²) in [5.74, 6) is 0.700. The molecule has 0 fully saturated rings. The van der Waals surface area contributed by atoms with E-state index in [1.54, 1.807) is 55.8 Å². The smallest absolute Gasteiger partial charge is 0.254 e. The molecule has 0 aliphatic rings. The van der Waals surface area contributed by atoms with Crippen LogP contribution in [0.4, 0.5) is 0 Å². The third kappa shape index (κ3) is 4.30. The first-order chi connectivity index (χ1) is 10.7. The zero-order valence-electron chi connectivity index (χ0n) is 12.9. The number of ether oxygens (including phenoxy) is 2. The van der Waals surface area contributed by atoms with Crippen LogP contribution in [0.3, 0.4) is 0 Å². The minimum absolute atomic E-state index is 0.0310. The van der Waals surface area contributed by atoms with E-state index in [1.165, 1.54) is 0 Å². The molecule has 1 aromatic heterocycles. The Hall–Kier alpha value is -2.40. The predicted molar refractivity (Wildman–Crippen MR) is 83.8 cm³/mol. The van der Waals surface area contributed by atoms with E-state index in [9.17, 15) is 4.79 Å². The van der Waals surface area contributed by atoms with Crippen LogP contribution in [0.2, 0.25) is 0 Å². The van der Waals surface area contributed by atoms with Crippen molar-refractivity contribution in [2.45, 2.75) is 6.54 Å². The van der Waals surface area contributed by atoms with Gasteiger partial charge in [0, 0.05) is 38.2 Å². The largest absolute Gasteiger partial charge is 0.497 e. The highest BCUT2D eigenvalue weighted by molar-refractivity contribution is 5.94. The molecule has 0 aliphatic heterocycles. The molecule has 1 heterocycles. The third-order valence-corrected chi connectivity index (χ3v) is 3.31. The van der Waals surface area contributed by atoms with Crippen molar-refractivity contribution in [2.24, 2.45) is 0 Å². The summed E-state index contributed by atoms with van der Waals surface area (Å²) >= 11 is 0. The first-order valence-corrected chi connectivity index (χ1v) is 7.05. The van der Waals surface area contributed by atoms with Crippen molar-refractivity contribution >= 4 is 5.91 Å². The molecule has 0 aliphatic carbocycles. The van der Waals surface area contributed by atoms with Crippen molar-refractivity contribution in [3.63, 3.8) is 0 Å². The second kappa shape index (κ2) is 8.14. The minimum Gasteiger partial charge on any atom is -0.497 e. The number of hydrogen-bond donors (Lipinski definition) is 0. The Kier molecular flexibility index (Phi) is 5.91. The molecule has 0 bridgehead atoms. The molecule has 5 nitrogen and oxygen atoms in total. The van der Waals surface area contributed by atoms with Crippen molar-refractivity contribution in [1.82, 2.24) is 9.88 Å². The lowest BCUT2D eigenvalue weighted by molar-refractivity contribution is 0.0680. The van der Waals surface area contributed by atoms with Crippen LogP contribution >= 0.6 is 0 Å². The standard InChI is InChI=1S/C17H20N2O3/c1-21-12-11-19(13-14-7-9-18-10-8-14)17(20)15-3-5-16(22-2)6-4-15/h3-10H,11-13H2,1-2H3. The predicted octanol–water partition coefficient (Wildman–Crippen LogP) is 2.38. The number of benzene rings is 1. The van der Waals surface area contributed by atoms with Crippen molar-refractivity contribution < 1.29 is 14.3 Å². The zero-order chi connectivity index (χ0) is 15.8. The van der Waals surface area contributed by atoms with Crippen molar-refractivity contribution in [1.29, 1.82) is 0 Å². The van der Waals surface area contributed by atoms with Gasteiger partial charge in [0.2, 0.25) is 0 Å². The molecule has 0 atom stereocenters. The maximum absolute atomic E-state index is 12.7. The molecule has 22 heavy (non-hydrogen) atoms. The van der Waals surface area contributed by atoms with Gasteiger partial charge in [-0.2, -0.15) is 0 Å². The molecule has 0 N–H and O–H groups in total. The van der Waals surface area contributed by atoms with Crippen LogP contribution in [0.5, 0.6) is 5.75 Å². The van der Waals surface area contributed by atoms with E-state index in [1.807, 2.05) is 12.1 Å². The molecule has 0 saturated carbocycles. The highest BCUT2D eigenvalue weighted by Crippen LogP contribution is 2.14. The highest BCUT2D eigenvalue weighted by atomic mass is 16.5. The first kappa shape index (κ1) is 16.0. The molecular weight excluding hydrogens is 280 g/mol. The van der Waals surface area contributed by atoms with E-state index in [4.69, 9.17) is 9.47 Å². The summed E-state index contributed by atoms with van der Waals surface area (Å²) in [4.78, 5) is 18.4. The molecule has 116 valence electrons. The summed E-state index contributed by atoms with van der Waals surface area (Å²) in [6.45, 7) is 1.55. The molecule has 0 saturated heterocycles. The van der Waals surface area contributed by atoms with Crippen molar-refractivity contribution in [2.75, 3.05) is 27.4 Å². The van der Waals surface area contributed by atoms with Gasteiger partial charge in [-0.05, 0) is 42.0 Å². The SMILES string of the molecule is COCCN(Cc1ccncc1)C(=O)c1ccc(OC)cc1. The summed E-state index contributed by atoms with van der Waals surface area (Å²) in [6, 6.07) is 10.9. The fraction of sp³-hybridized carbons (Fsp3) is 0.294. The second-order valence-electron chi connectivity index (χ2n) is 4.80. The summed E-state index contributed by atoms with van der Waals surface area (Å²) in [6.07, 6.45) is 3.45. The Morgan fingerprint density at radius 3 is 2.36 bits per heavy atom. The molecule has 0 radical (unpaired) electrons. The van der Waals surface area contributed by atoms with Gasteiger partial charge in [-0.1, -0.05) is 0 Å². The Labute approximate surface area is 130 Å². The molecule has 1 aromatic carbocycles. The summed E-state index contributed by atoms with van der Waals surface area (Å²) in [5.41, 5.74) is 1.67. The topological polar surface area (TPSA) is 51.7 Å². The minimum atomic E-state index is -0.0310. The molecular formula is C17H20N2O3. The van der Waals surface area contributed by atoms with Gasteiger partial charge in [-0.25, -0.2) is 0 Å². The van der Waals surface area contributed by atoms with Crippen LogP contribution in [0.1, 0.15) is 15.9 Å². The van der Waals surface area contributed by atoms with E-state index in [-0.39, 0.29) is 5.91 Å². The van der Waals surface area contributed by atoms with E-state index in [0.29, 0.717) is 25.3 Å². The number of methoxy groups -OCH3 is 2. The Bertz CT molecular complexity index is 585. The number of amides is 1. The van der Waals surface area contributed by atoms with Crippen LogP contribution < -0.4 is 4.74 Å². The van der Waals surface area contributed by atoms with Crippen molar-refractivity contribution in [3.05, 3.63) is 59.9 Å². The van der Waals surface area contributed by atoms with Gasteiger partial charge in [0.25, 0.3) is 5.91 Å². The van der Waals surface area contributed by atoms with Crippen LogP contribution in [0.15, 0.2) is 48.8 Å². The maximum atomic E-state index is 12.7. The highest BCUT2D eigenvalue weighted by Gasteiger charge is 2.16. The van der Waals surface area contributed by atoms with Crippen LogP contribution in [0, 0.1) is 0 Å². The van der Waals surface area contributed by atoms with Crippen molar-refractivity contribution in [3.8, 4) is 5.75 Å². The average molecular weight is 300 g/mol. The van der Waals surface area contributed by atoms with E-state index in [2.05, 4.69) is 4.98 Å². The van der Waals surface area contributed by atoms with Gasteiger partial charge in [-0.3, -0.25) is 9.78 Å². The van der Waals surface area contributed by atoms with E-state index in [0.717, 1.165) is 11.3 Å². The van der Waals surface area contributed by atoms with Gasteiger partial charge in [0.15, 0.2) is 0 Å². The normalized spacial score (nSPS) is 10.3. The van der Waals surface area contributed by atoms with E-state index >= 15 is 0 Å². The molecule has 1 amide bonds. The molecule has 5 heteroatoms. The van der Waals surface area contributed by atoms with Gasteiger partial charge in [0.05, 0.1) is 13.7 Å². The van der Waals surface area contributed by atoms with Crippen LogP contribution in [0.25, 0.3) is 0 Å². The van der Waals surface area contributed by atoms with Gasteiger partial charge < -0.3 is 14.4 Å². The zero-order valence-corrected chi connectivity index (χ0v) is 12.9. The number of aromatic nitrogens is 1. The fourth-order valence-corrected chi connectivity index (χ4v) is 2.08. The number of nitrogens with zero attached hydrogens (tertiary/aromatic N) is 2. The average Bonchev–Trinajstić information content (AvgIpc) is 2.59. The maximum Gasteiger partial charge on any atom is 0.254 e. The van der Waals surface area contributed by atoms with Gasteiger partial charge in [0.1, 0.15) is 5.75 Å². The number of pyridine rings is 1. The fourth-order valence-electron chi connectivity index (χ4n) is 2.08. The molecule has 2 aromatic rings. The summed E-state index contributed by atoms with van der Waals surface area (Å²) < 4.78 is 10.2. The van der Waals surface area contributed by atoms with Crippen LogP contribution in [-0.4, -0.2) is 43.2 Å². The number of carbonyl (C=O) groups excluding carboxylic acids is 1. The Morgan fingerprint density at radius 1 is 1.09 bits per heavy atom. The quantitative estimate of drug-likeness (QED) is 0.788. The van der Waals surface area contributed by atoms with Crippen LogP contribution in [-0.2, 0) is 11.3 Å². The third-order valence-electron chi connectivity index (χ3n) is 3.31. The lowest BCUT2D eigenvalue weighted by Crippen LogP contribution is -2.33. The first-order valence-electron chi connectivity index (χ1n) is 7.05. The Morgan fingerprint density at radius 2 is 1.77 bits per heavy atom. The lowest BCUT2D eigenvalue weighted by Gasteiger charge is -2.22. The summed E-state index contributed by atoms with van der Waals surface area (Å²) in [7, 11) is 3.23. The molecule has 2 rings (SSSR count). The lowest BCUT2D eigenvalue weighted by atomic mass is 10.1. The van der Waals surface area contributed by atoms with Gasteiger partial charge in [-0.15, -0.1) is 0 Å². The van der Waals surface area contributed by atoms with Gasteiger partial charge >= 0.3 is 0 Å². The second-order valence-corrected chi connectivity index (χ2v) is 4.80. The molecule has 0 unspecified atom stereocenters. The monoisotopic (exact) mass is 300 g/mol. The van der Waals surface area contributed by atoms with E-state index < -0.39 is 0 Å². The number of carbonyl (C=O) groups is 1.